The lowest BCUT2D eigenvalue weighted by molar-refractivity contribution is 0.308. The van der Waals surface area contributed by atoms with E-state index in [1.165, 1.54) is 12.8 Å². The summed E-state index contributed by atoms with van der Waals surface area (Å²) in [6.07, 6.45) is 4.60. The molecule has 2 rings (SSSR count). The summed E-state index contributed by atoms with van der Waals surface area (Å²) >= 11 is 0. The highest BCUT2D eigenvalue weighted by atomic mass is 16.3. The van der Waals surface area contributed by atoms with Crippen molar-refractivity contribution in [2.75, 3.05) is 13.1 Å². The van der Waals surface area contributed by atoms with Gasteiger partial charge >= 0.3 is 0 Å². The second-order valence-electron chi connectivity index (χ2n) is 5.43. The van der Waals surface area contributed by atoms with Crippen LogP contribution in [-0.2, 0) is 13.1 Å². The minimum Gasteiger partial charge on any atom is -0.503 e. The molecule has 19 heavy (non-hydrogen) atoms. The predicted molar refractivity (Wildman–Crippen MR) is 76.5 cm³/mol. The molecule has 0 radical (unpaired) electrons. The first-order chi connectivity index (χ1) is 9.13. The number of rotatable bonds is 5. The normalized spacial score (nSPS) is 16.1. The summed E-state index contributed by atoms with van der Waals surface area (Å²) in [6, 6.07) is 1.54. The van der Waals surface area contributed by atoms with E-state index >= 15 is 0 Å². The summed E-state index contributed by atoms with van der Waals surface area (Å²) in [5, 5.41) is 10.1. The minimum absolute atomic E-state index is 0.0615. The molecule has 1 saturated heterocycles. The number of hydrogen-bond acceptors (Lipinski definition) is 3. The van der Waals surface area contributed by atoms with Gasteiger partial charge in [-0.15, -0.1) is 0 Å². The van der Waals surface area contributed by atoms with Gasteiger partial charge < -0.3 is 9.67 Å². The number of aryl methyl sites for hydroxylation is 1. The summed E-state index contributed by atoms with van der Waals surface area (Å²) < 4.78 is 2.11. The van der Waals surface area contributed by atoms with Crippen LogP contribution in [0.15, 0.2) is 10.9 Å². The molecule has 0 aliphatic carbocycles. The van der Waals surface area contributed by atoms with Gasteiger partial charge in [0.15, 0.2) is 5.75 Å². The third-order valence-corrected chi connectivity index (χ3v) is 3.91. The van der Waals surface area contributed by atoms with Gasteiger partial charge in [0.2, 0.25) is 5.43 Å². The van der Waals surface area contributed by atoms with Gasteiger partial charge in [-0.1, -0.05) is 13.3 Å². The highest BCUT2D eigenvalue weighted by molar-refractivity contribution is 5.29. The van der Waals surface area contributed by atoms with Crippen molar-refractivity contribution in [3.05, 3.63) is 27.7 Å². The van der Waals surface area contributed by atoms with Crippen molar-refractivity contribution in [2.24, 2.45) is 0 Å². The van der Waals surface area contributed by atoms with Crippen LogP contribution in [-0.4, -0.2) is 27.7 Å². The number of aromatic nitrogens is 1. The van der Waals surface area contributed by atoms with Crippen molar-refractivity contribution in [1.29, 1.82) is 0 Å². The van der Waals surface area contributed by atoms with Gasteiger partial charge in [0.1, 0.15) is 0 Å². The Labute approximate surface area is 114 Å². The second-order valence-corrected chi connectivity index (χ2v) is 5.43. The highest BCUT2D eigenvalue weighted by Crippen LogP contribution is 2.20. The quantitative estimate of drug-likeness (QED) is 0.887. The summed E-state index contributed by atoms with van der Waals surface area (Å²) in [6.45, 7) is 7.79. The Hall–Kier alpha value is -1.29. The van der Waals surface area contributed by atoms with Crippen molar-refractivity contribution >= 4 is 0 Å². The van der Waals surface area contributed by atoms with Gasteiger partial charge in [-0.05, 0) is 39.3 Å². The van der Waals surface area contributed by atoms with E-state index in [-0.39, 0.29) is 11.2 Å². The van der Waals surface area contributed by atoms with Crippen molar-refractivity contribution in [2.45, 2.75) is 52.6 Å². The third kappa shape index (κ3) is 3.18. The van der Waals surface area contributed by atoms with Crippen LogP contribution in [0.3, 0.4) is 0 Å². The monoisotopic (exact) mass is 264 g/mol. The topological polar surface area (TPSA) is 45.5 Å². The van der Waals surface area contributed by atoms with E-state index in [0.717, 1.165) is 43.9 Å². The van der Waals surface area contributed by atoms with E-state index in [1.54, 1.807) is 6.07 Å². The molecule has 0 saturated carbocycles. The Morgan fingerprint density at radius 1 is 1.32 bits per heavy atom. The molecule has 2 heterocycles. The van der Waals surface area contributed by atoms with Crippen molar-refractivity contribution in [3.63, 3.8) is 0 Å². The molecule has 0 amide bonds. The lowest BCUT2D eigenvalue weighted by atomic mass is 10.2. The van der Waals surface area contributed by atoms with Crippen LogP contribution in [0.2, 0.25) is 0 Å². The Kier molecular flexibility index (Phi) is 4.64. The van der Waals surface area contributed by atoms with E-state index < -0.39 is 0 Å². The molecule has 106 valence electrons. The number of unbranched alkanes of at least 4 members (excludes halogenated alkanes) is 1. The minimum atomic E-state index is -0.251. The molecule has 1 N–H and O–H groups in total. The molecule has 0 bridgehead atoms. The Morgan fingerprint density at radius 3 is 2.63 bits per heavy atom. The Morgan fingerprint density at radius 2 is 2.00 bits per heavy atom. The standard InChI is InChI=1S/C15H24N2O2/c1-3-4-9-17-12(2)10-14(18)15(19)13(17)11-16-7-5-6-8-16/h10,19H,3-9,11H2,1-2H3. The molecule has 1 aliphatic rings. The zero-order chi connectivity index (χ0) is 13.8. The summed E-state index contributed by atoms with van der Waals surface area (Å²) in [4.78, 5) is 14.1. The lowest BCUT2D eigenvalue weighted by Gasteiger charge is -2.22. The van der Waals surface area contributed by atoms with Crippen LogP contribution in [0.25, 0.3) is 0 Å². The molecule has 0 aromatic carbocycles. The average Bonchev–Trinajstić information content (AvgIpc) is 2.88. The molecule has 1 aromatic heterocycles. The van der Waals surface area contributed by atoms with Gasteiger partial charge in [-0.2, -0.15) is 0 Å². The highest BCUT2D eigenvalue weighted by Gasteiger charge is 2.18. The molecule has 0 unspecified atom stereocenters. The van der Waals surface area contributed by atoms with Crippen LogP contribution in [0.4, 0.5) is 0 Å². The first kappa shape index (κ1) is 14.1. The number of likely N-dealkylation sites (tertiary alicyclic amines) is 1. The fourth-order valence-electron chi connectivity index (χ4n) is 2.76. The number of aromatic hydroxyl groups is 1. The van der Waals surface area contributed by atoms with Crippen LogP contribution in [0, 0.1) is 6.92 Å². The fourth-order valence-corrected chi connectivity index (χ4v) is 2.76. The largest absolute Gasteiger partial charge is 0.503 e. The van der Waals surface area contributed by atoms with E-state index in [4.69, 9.17) is 0 Å². The van der Waals surface area contributed by atoms with Crippen molar-refractivity contribution < 1.29 is 5.11 Å². The second kappa shape index (κ2) is 6.24. The Bertz CT molecular complexity index is 488. The molecule has 0 spiro atoms. The smallest absolute Gasteiger partial charge is 0.223 e. The summed E-state index contributed by atoms with van der Waals surface area (Å²) in [5.74, 6) is -0.0615. The first-order valence-corrected chi connectivity index (χ1v) is 7.28. The maximum Gasteiger partial charge on any atom is 0.223 e. The molecule has 4 heteroatoms. The number of pyridine rings is 1. The van der Waals surface area contributed by atoms with Crippen molar-refractivity contribution in [1.82, 2.24) is 9.47 Å². The van der Waals surface area contributed by atoms with E-state index in [1.807, 2.05) is 6.92 Å². The molecular formula is C15H24N2O2. The van der Waals surface area contributed by atoms with E-state index in [0.29, 0.717) is 6.54 Å². The molecule has 1 aromatic rings. The van der Waals surface area contributed by atoms with E-state index in [9.17, 15) is 9.90 Å². The van der Waals surface area contributed by atoms with Gasteiger partial charge in [0, 0.05) is 24.8 Å². The van der Waals surface area contributed by atoms with Gasteiger partial charge in [-0.3, -0.25) is 9.69 Å². The van der Waals surface area contributed by atoms with Crippen LogP contribution in [0.1, 0.15) is 44.0 Å². The van der Waals surface area contributed by atoms with Gasteiger partial charge in [0.25, 0.3) is 0 Å². The molecule has 0 atom stereocenters. The maximum atomic E-state index is 11.8. The number of nitrogens with zero attached hydrogens (tertiary/aromatic N) is 2. The molecule has 4 nitrogen and oxygen atoms in total. The molecule has 1 aliphatic heterocycles. The lowest BCUT2D eigenvalue weighted by Crippen LogP contribution is -2.25. The number of hydrogen-bond donors (Lipinski definition) is 1. The van der Waals surface area contributed by atoms with Crippen molar-refractivity contribution in [3.8, 4) is 5.75 Å². The maximum absolute atomic E-state index is 11.8. The molecule has 1 fully saturated rings. The summed E-state index contributed by atoms with van der Waals surface area (Å²) in [5.41, 5.74) is 1.49. The SMILES string of the molecule is CCCCn1c(C)cc(=O)c(O)c1CN1CCCC1. The van der Waals surface area contributed by atoms with Crippen LogP contribution < -0.4 is 5.43 Å². The average molecular weight is 264 g/mol. The van der Waals surface area contributed by atoms with E-state index in [2.05, 4.69) is 16.4 Å². The van der Waals surface area contributed by atoms with Gasteiger partial charge in [0.05, 0.1) is 5.69 Å². The predicted octanol–water partition coefficient (Wildman–Crippen LogP) is 2.26. The first-order valence-electron chi connectivity index (χ1n) is 7.28. The molecular weight excluding hydrogens is 240 g/mol. The zero-order valence-corrected chi connectivity index (χ0v) is 12.0. The zero-order valence-electron chi connectivity index (χ0n) is 12.0. The van der Waals surface area contributed by atoms with Crippen LogP contribution >= 0.6 is 0 Å². The van der Waals surface area contributed by atoms with Gasteiger partial charge in [-0.25, -0.2) is 0 Å². The summed E-state index contributed by atoms with van der Waals surface area (Å²) in [7, 11) is 0. The van der Waals surface area contributed by atoms with Crippen LogP contribution in [0.5, 0.6) is 5.75 Å². The fraction of sp³-hybridized carbons (Fsp3) is 0.667. The Balaban J connectivity index is 2.33. The third-order valence-electron chi connectivity index (χ3n) is 3.91.